The molecule has 0 fully saturated rings. The van der Waals surface area contributed by atoms with E-state index in [0.29, 0.717) is 16.0 Å². The van der Waals surface area contributed by atoms with Crippen LogP contribution in [0.15, 0.2) is 18.2 Å². The summed E-state index contributed by atoms with van der Waals surface area (Å²) in [4.78, 5) is 16.9. The second-order valence-corrected chi connectivity index (χ2v) is 3.91. The first-order valence-corrected chi connectivity index (χ1v) is 5.71. The molecule has 0 unspecified atom stereocenters. The van der Waals surface area contributed by atoms with Gasteiger partial charge in [0, 0.05) is 11.6 Å². The number of benzene rings is 1. The Morgan fingerprint density at radius 2 is 1.86 bits per heavy atom. The summed E-state index contributed by atoms with van der Waals surface area (Å²) in [6.45, 7) is 13.8. The first kappa shape index (κ1) is 15.4. The summed E-state index contributed by atoms with van der Waals surface area (Å²) >= 11 is 0. The van der Waals surface area contributed by atoms with Crippen LogP contribution in [-0.4, -0.2) is 11.1 Å². The van der Waals surface area contributed by atoms with Crippen LogP contribution in [0.2, 0.25) is 0 Å². The number of hydrogen-bond acceptors (Lipinski definition) is 3. The maximum absolute atomic E-state index is 10.7. The molecule has 0 saturated carbocycles. The quantitative estimate of drug-likeness (QED) is 0.826. The Bertz CT molecular complexity index is 839. The zero-order valence-corrected chi connectivity index (χ0v) is 10.8. The van der Waals surface area contributed by atoms with Gasteiger partial charge in [-0.1, -0.05) is 18.2 Å². The third kappa shape index (κ3) is 3.67. The lowest BCUT2D eigenvalue weighted by Gasteiger charge is -2.00. The van der Waals surface area contributed by atoms with Gasteiger partial charge in [0.05, 0.1) is 5.22 Å². The van der Waals surface area contributed by atoms with Gasteiger partial charge in [-0.3, -0.25) is 4.79 Å². The third-order valence-corrected chi connectivity index (χ3v) is 2.68. The Morgan fingerprint density at radius 3 is 2.33 bits per heavy atom. The van der Waals surface area contributed by atoms with E-state index in [1.165, 1.54) is 18.2 Å². The van der Waals surface area contributed by atoms with Gasteiger partial charge in [-0.15, -0.1) is 0 Å². The zero-order chi connectivity index (χ0) is 15.8. The molecule has 0 aliphatic carbocycles. The van der Waals surface area contributed by atoms with Crippen LogP contribution >= 0.6 is 0 Å². The van der Waals surface area contributed by atoms with Gasteiger partial charge < -0.3 is 5.11 Å². The highest BCUT2D eigenvalue weighted by atomic mass is 16.4. The maximum atomic E-state index is 10.7. The molecular weight excluding hydrogens is 268 g/mol. The topological polar surface area (TPSA) is 93.6 Å². The van der Waals surface area contributed by atoms with E-state index in [-0.39, 0.29) is 24.2 Å². The highest BCUT2D eigenvalue weighted by Crippen LogP contribution is 2.01. The van der Waals surface area contributed by atoms with Crippen molar-refractivity contribution in [2.24, 2.45) is 0 Å². The normalized spacial score (nSPS) is 8.57. The molecule has 0 atom stereocenters. The number of rotatable bonds is 3. The van der Waals surface area contributed by atoms with Crippen molar-refractivity contribution in [1.29, 1.82) is 10.5 Å². The Kier molecular flexibility index (Phi) is 5.22. The van der Waals surface area contributed by atoms with Crippen molar-refractivity contribution in [1.82, 2.24) is 0 Å². The first-order chi connectivity index (χ1) is 10.1. The van der Waals surface area contributed by atoms with Crippen molar-refractivity contribution < 1.29 is 9.90 Å². The molecule has 0 bridgehead atoms. The molecule has 0 radical (unpaired) electrons. The number of aryl methyl sites for hydroxylation is 1. The molecule has 0 saturated heterocycles. The highest BCUT2D eigenvalue weighted by Gasteiger charge is 2.09. The van der Waals surface area contributed by atoms with Gasteiger partial charge in [0.25, 0.3) is 0 Å². The minimum Gasteiger partial charge on any atom is -0.481 e. The van der Waals surface area contributed by atoms with E-state index in [4.69, 9.17) is 28.8 Å². The lowest BCUT2D eigenvalue weighted by atomic mass is 10.0. The van der Waals surface area contributed by atoms with E-state index in [2.05, 4.69) is 9.69 Å². The van der Waals surface area contributed by atoms with Crippen molar-refractivity contribution >= 4 is 17.4 Å². The number of aliphatic carboxylic acids is 1. The third-order valence-electron chi connectivity index (χ3n) is 2.68. The molecule has 0 aromatic heterocycles. The van der Waals surface area contributed by atoms with Crippen molar-refractivity contribution in [2.45, 2.75) is 12.8 Å². The molecular formula is C15H8N4O2. The fourth-order valence-corrected chi connectivity index (χ4v) is 1.72. The standard InChI is InChI=1S/C15H8N4O2/c1-18-15(19-2)11-3-5-13(12(8-16)9-17)10(7-11)4-6-14(20)21/h3,5,7H,4,6H2,(H,20,21). The van der Waals surface area contributed by atoms with Crippen LogP contribution in [0.25, 0.3) is 21.1 Å². The average Bonchev–Trinajstić information content (AvgIpc) is 2.49. The molecule has 0 heterocycles. The number of carbonyl (C=O) groups is 1. The van der Waals surface area contributed by atoms with E-state index in [9.17, 15) is 4.79 Å². The average molecular weight is 276 g/mol. The van der Waals surface area contributed by atoms with Crippen LogP contribution < -0.4 is 10.4 Å². The van der Waals surface area contributed by atoms with Crippen LogP contribution in [0.4, 0.5) is 0 Å². The number of hydrogen-bond donors (Lipinski definition) is 1. The molecule has 0 aliphatic heterocycles. The molecule has 1 aromatic carbocycles. The van der Waals surface area contributed by atoms with Gasteiger partial charge in [0.2, 0.25) is 0 Å². The van der Waals surface area contributed by atoms with E-state index >= 15 is 0 Å². The summed E-state index contributed by atoms with van der Waals surface area (Å²) < 4.78 is 0. The SMILES string of the molecule is [C-]#[N+]C([N+]#[C-])=c1ccc(=C(C#N)C#N)c(CCC(=O)O)c1. The molecule has 100 valence electrons. The summed E-state index contributed by atoms with van der Waals surface area (Å²) in [7, 11) is 0. The fourth-order valence-electron chi connectivity index (χ4n) is 1.72. The smallest absolute Gasteiger partial charge is 0.481 e. The zero-order valence-electron chi connectivity index (χ0n) is 10.8. The van der Waals surface area contributed by atoms with E-state index in [0.717, 1.165) is 0 Å². The number of nitriles is 2. The van der Waals surface area contributed by atoms with Gasteiger partial charge in [0.15, 0.2) is 0 Å². The Morgan fingerprint density at radius 1 is 1.24 bits per heavy atom. The van der Waals surface area contributed by atoms with Crippen LogP contribution in [0.3, 0.4) is 0 Å². The second kappa shape index (κ2) is 7.10. The lowest BCUT2D eigenvalue weighted by Crippen LogP contribution is -2.19. The van der Waals surface area contributed by atoms with Gasteiger partial charge in [-0.25, -0.2) is 0 Å². The highest BCUT2D eigenvalue weighted by molar-refractivity contribution is 5.74. The fraction of sp³-hybridized carbons (Fsp3) is 0.133. The molecule has 0 amide bonds. The Hall–Kier alpha value is -3.61. The van der Waals surface area contributed by atoms with E-state index < -0.39 is 5.97 Å². The maximum Gasteiger partial charge on any atom is 0.526 e. The molecule has 1 N–H and O–H groups in total. The monoisotopic (exact) mass is 276 g/mol. The summed E-state index contributed by atoms with van der Waals surface area (Å²) in [6, 6.07) is 7.93. The molecule has 0 spiro atoms. The van der Waals surface area contributed by atoms with E-state index in [1.807, 2.05) is 0 Å². The molecule has 6 heteroatoms. The van der Waals surface area contributed by atoms with Crippen molar-refractivity contribution in [3.8, 4) is 12.1 Å². The summed E-state index contributed by atoms with van der Waals surface area (Å²) in [6.07, 6.45) is -0.0688. The van der Waals surface area contributed by atoms with Crippen LogP contribution in [-0.2, 0) is 11.2 Å². The summed E-state index contributed by atoms with van der Waals surface area (Å²) in [5, 5.41) is 27.3. The predicted octanol–water partition coefficient (Wildman–Crippen LogP) is 0.806. The summed E-state index contributed by atoms with van der Waals surface area (Å²) in [5.74, 6) is -1.16. The van der Waals surface area contributed by atoms with Gasteiger partial charge in [-0.05, 0) is 12.0 Å². The van der Waals surface area contributed by atoms with Crippen molar-refractivity contribution in [2.75, 3.05) is 0 Å². The first-order valence-electron chi connectivity index (χ1n) is 5.71. The molecule has 1 rings (SSSR count). The van der Waals surface area contributed by atoms with Gasteiger partial charge >= 0.3 is 11.8 Å². The van der Waals surface area contributed by atoms with Crippen LogP contribution in [0.1, 0.15) is 12.0 Å². The number of nitrogens with zero attached hydrogens (tertiary/aromatic N) is 4. The largest absolute Gasteiger partial charge is 0.526 e. The minimum absolute atomic E-state index is 0.106. The lowest BCUT2D eigenvalue weighted by molar-refractivity contribution is -0.136. The van der Waals surface area contributed by atoms with Crippen LogP contribution in [0.5, 0.6) is 0 Å². The number of carboxylic acids is 1. The number of carboxylic acid groups (broad SMARTS) is 1. The van der Waals surface area contributed by atoms with Crippen molar-refractivity contribution in [3.63, 3.8) is 0 Å². The summed E-state index contributed by atoms with van der Waals surface area (Å²) in [5.41, 5.74) is 0.326. The van der Waals surface area contributed by atoms with Crippen LogP contribution in [0, 0.1) is 35.8 Å². The van der Waals surface area contributed by atoms with Gasteiger partial charge in [0.1, 0.15) is 30.9 Å². The Labute approximate surface area is 120 Å². The Balaban J connectivity index is 3.70. The molecule has 21 heavy (non-hydrogen) atoms. The predicted molar refractivity (Wildman–Crippen MR) is 72.9 cm³/mol. The minimum atomic E-state index is -1.01. The van der Waals surface area contributed by atoms with Gasteiger partial charge in [-0.2, -0.15) is 20.2 Å². The molecule has 1 aromatic rings. The molecule has 6 nitrogen and oxygen atoms in total. The van der Waals surface area contributed by atoms with Crippen molar-refractivity contribution in [3.05, 3.63) is 57.0 Å². The molecule has 0 aliphatic rings. The second-order valence-electron chi connectivity index (χ2n) is 3.91. The van der Waals surface area contributed by atoms with E-state index in [1.54, 1.807) is 12.1 Å².